The van der Waals surface area contributed by atoms with Gasteiger partial charge >= 0.3 is 18.5 Å². The average Bonchev–Trinajstić information content (AvgIpc) is 2.98. The van der Waals surface area contributed by atoms with Crippen molar-refractivity contribution in [2.75, 3.05) is 0 Å². The SMILES string of the molecule is Cc1nn(-c2cc(C(F)(F)F)cc(C(F)(F)F)c2)c(O)c1C(=O)c1cc(F)cc(C(F)(F)F)c1.[Mn]. The average molecular weight is 555 g/mol. The molecule has 0 amide bonds. The molecule has 0 aliphatic carbocycles. The number of aromatic nitrogens is 2. The normalized spacial score (nSPS) is 12.4. The fourth-order valence-corrected chi connectivity index (χ4v) is 3.05. The van der Waals surface area contributed by atoms with Crippen molar-refractivity contribution in [3.8, 4) is 11.6 Å². The molecule has 0 saturated carbocycles. The summed E-state index contributed by atoms with van der Waals surface area (Å²) in [5.41, 5.74) is -8.12. The van der Waals surface area contributed by atoms with Crippen molar-refractivity contribution in [3.05, 3.63) is 75.7 Å². The van der Waals surface area contributed by atoms with E-state index >= 15 is 0 Å². The maximum Gasteiger partial charge on any atom is 0.416 e. The summed E-state index contributed by atoms with van der Waals surface area (Å²) >= 11 is 0. The van der Waals surface area contributed by atoms with Gasteiger partial charge in [0.15, 0.2) is 5.78 Å². The van der Waals surface area contributed by atoms with Crippen LogP contribution in [0, 0.1) is 12.7 Å². The fourth-order valence-electron chi connectivity index (χ4n) is 3.05. The van der Waals surface area contributed by atoms with Crippen LogP contribution in [0.1, 0.15) is 38.3 Å². The number of benzene rings is 2. The third kappa shape index (κ3) is 5.78. The van der Waals surface area contributed by atoms with Crippen molar-refractivity contribution >= 4 is 5.78 Å². The van der Waals surface area contributed by atoms with Crippen molar-refractivity contribution in [1.29, 1.82) is 0 Å². The van der Waals surface area contributed by atoms with Crippen LogP contribution >= 0.6 is 0 Å². The second-order valence-electron chi connectivity index (χ2n) is 7.02. The van der Waals surface area contributed by atoms with Crippen molar-refractivity contribution in [1.82, 2.24) is 9.78 Å². The number of hydrogen-bond acceptors (Lipinski definition) is 3. The molecule has 189 valence electrons. The summed E-state index contributed by atoms with van der Waals surface area (Å²) in [6.45, 7) is 1.02. The summed E-state index contributed by atoms with van der Waals surface area (Å²) < 4.78 is 131. The molecule has 3 rings (SSSR count). The molecule has 0 unspecified atom stereocenters. The molecule has 0 spiro atoms. The Kier molecular flexibility index (Phi) is 7.40. The molecule has 0 atom stereocenters. The molecule has 1 N–H and O–H groups in total. The maximum absolute atomic E-state index is 13.7. The Morgan fingerprint density at radius 3 is 1.71 bits per heavy atom. The van der Waals surface area contributed by atoms with Gasteiger partial charge in [-0.25, -0.2) is 9.07 Å². The predicted octanol–water partition coefficient (Wildman–Crippen LogP) is 6.31. The molecule has 0 fully saturated rings. The first-order valence-electron chi connectivity index (χ1n) is 8.90. The van der Waals surface area contributed by atoms with Crippen molar-refractivity contribution < 1.29 is 70.9 Å². The molecule has 0 aliphatic rings. The zero-order valence-corrected chi connectivity index (χ0v) is 18.1. The van der Waals surface area contributed by atoms with Gasteiger partial charge in [-0.05, 0) is 43.3 Å². The summed E-state index contributed by atoms with van der Waals surface area (Å²) in [7, 11) is 0. The van der Waals surface area contributed by atoms with Gasteiger partial charge < -0.3 is 5.11 Å². The number of carbonyl (C=O) groups excluding carboxylic acids is 1. The van der Waals surface area contributed by atoms with Gasteiger partial charge in [0.1, 0.15) is 11.4 Å². The number of carbonyl (C=O) groups is 1. The molecule has 0 bridgehead atoms. The van der Waals surface area contributed by atoms with Crippen molar-refractivity contribution in [3.63, 3.8) is 0 Å². The molecule has 1 radical (unpaired) electrons. The van der Waals surface area contributed by atoms with Gasteiger partial charge in [-0.1, -0.05) is 0 Å². The van der Waals surface area contributed by atoms with Gasteiger partial charge in [-0.2, -0.15) is 44.6 Å². The van der Waals surface area contributed by atoms with E-state index in [0.29, 0.717) is 6.07 Å². The first-order valence-corrected chi connectivity index (χ1v) is 8.90. The van der Waals surface area contributed by atoms with Crippen molar-refractivity contribution in [2.45, 2.75) is 25.5 Å². The third-order valence-corrected chi connectivity index (χ3v) is 4.57. The molecule has 2 aromatic carbocycles. The minimum Gasteiger partial charge on any atom is -0.493 e. The number of alkyl halides is 9. The molecule has 15 heteroatoms. The Labute approximate surface area is 199 Å². The van der Waals surface area contributed by atoms with Gasteiger partial charge in [0.25, 0.3) is 0 Å². The van der Waals surface area contributed by atoms with Gasteiger partial charge in [0.2, 0.25) is 5.88 Å². The van der Waals surface area contributed by atoms with E-state index in [-0.39, 0.29) is 52.1 Å². The summed E-state index contributed by atoms with van der Waals surface area (Å²) in [5.74, 6) is -4.10. The zero-order chi connectivity index (χ0) is 25.8. The molecular weight excluding hydrogens is 545 g/mol. The quantitative estimate of drug-likeness (QED) is 0.234. The number of halogens is 10. The standard InChI is InChI=1S/C20H10F10N2O2.Mn/c1-8-15(16(33)9-2-10(18(22,23)24)5-13(21)3-9)17(34)32(31-8)14-6-11(19(25,26)27)4-12(7-14)20(28,29)30;/h2-7,34H,1H3;. The van der Waals surface area contributed by atoms with E-state index in [0.717, 1.165) is 6.92 Å². The molecule has 0 aliphatic heterocycles. The molecule has 0 saturated heterocycles. The Morgan fingerprint density at radius 1 is 0.800 bits per heavy atom. The molecule has 35 heavy (non-hydrogen) atoms. The van der Waals surface area contributed by atoms with E-state index in [4.69, 9.17) is 0 Å². The van der Waals surface area contributed by atoms with E-state index < -0.39 is 75.2 Å². The number of rotatable bonds is 3. The minimum absolute atomic E-state index is 0. The van der Waals surface area contributed by atoms with Gasteiger partial charge in [0.05, 0.1) is 28.1 Å². The van der Waals surface area contributed by atoms with Crippen LogP contribution in [0.3, 0.4) is 0 Å². The number of hydrogen-bond donors (Lipinski definition) is 1. The Morgan fingerprint density at radius 2 is 1.26 bits per heavy atom. The van der Waals surface area contributed by atoms with Gasteiger partial charge in [0, 0.05) is 22.6 Å². The summed E-state index contributed by atoms with van der Waals surface area (Å²) in [5, 5.41) is 13.9. The molecule has 3 aromatic rings. The Hall–Kier alpha value is -3.06. The summed E-state index contributed by atoms with van der Waals surface area (Å²) in [6.07, 6.45) is -15.5. The third-order valence-electron chi connectivity index (χ3n) is 4.57. The van der Waals surface area contributed by atoms with E-state index in [9.17, 15) is 53.8 Å². The van der Waals surface area contributed by atoms with Gasteiger partial charge in [-0.3, -0.25) is 4.79 Å². The van der Waals surface area contributed by atoms with E-state index in [1.54, 1.807) is 0 Å². The molecule has 1 aromatic heterocycles. The zero-order valence-electron chi connectivity index (χ0n) is 16.9. The summed E-state index contributed by atoms with van der Waals surface area (Å²) in [4.78, 5) is 12.7. The summed E-state index contributed by atoms with van der Waals surface area (Å²) in [6, 6.07) is 1.06. The van der Waals surface area contributed by atoms with Crippen LogP contribution in [0.2, 0.25) is 0 Å². The van der Waals surface area contributed by atoms with E-state index in [1.165, 1.54) is 0 Å². The molecular formula is C20H10F10MnN2O2. The second kappa shape index (κ2) is 9.19. The molecule has 1 heterocycles. The number of ketones is 1. The minimum atomic E-state index is -5.22. The van der Waals surface area contributed by atoms with Crippen LogP contribution in [0.5, 0.6) is 5.88 Å². The smallest absolute Gasteiger partial charge is 0.416 e. The maximum atomic E-state index is 13.7. The van der Waals surface area contributed by atoms with Crippen LogP contribution in [0.25, 0.3) is 5.69 Å². The first kappa shape index (κ1) is 28.2. The molecule has 4 nitrogen and oxygen atoms in total. The van der Waals surface area contributed by atoms with Crippen LogP contribution in [0.15, 0.2) is 36.4 Å². The fraction of sp³-hybridized carbons (Fsp3) is 0.200. The second-order valence-corrected chi connectivity index (χ2v) is 7.02. The van der Waals surface area contributed by atoms with Crippen LogP contribution < -0.4 is 0 Å². The number of aryl methyl sites for hydroxylation is 1. The van der Waals surface area contributed by atoms with Crippen LogP contribution in [-0.4, -0.2) is 20.7 Å². The van der Waals surface area contributed by atoms with Crippen LogP contribution in [-0.2, 0) is 35.6 Å². The predicted molar refractivity (Wildman–Crippen MR) is 94.8 cm³/mol. The largest absolute Gasteiger partial charge is 0.493 e. The first-order chi connectivity index (χ1) is 15.4. The van der Waals surface area contributed by atoms with Gasteiger partial charge in [-0.15, -0.1) is 0 Å². The topological polar surface area (TPSA) is 55.1 Å². The number of nitrogens with zero attached hydrogens (tertiary/aromatic N) is 2. The number of aromatic hydroxyl groups is 1. The monoisotopic (exact) mass is 555 g/mol. The van der Waals surface area contributed by atoms with Crippen LogP contribution in [0.4, 0.5) is 43.9 Å². The van der Waals surface area contributed by atoms with E-state index in [2.05, 4.69) is 5.10 Å². The van der Waals surface area contributed by atoms with E-state index in [1.807, 2.05) is 0 Å². The Balaban J connectivity index is 0.00000432. The Bertz CT molecular complexity index is 1240. The van der Waals surface area contributed by atoms with Crippen molar-refractivity contribution in [2.24, 2.45) is 0 Å².